The summed E-state index contributed by atoms with van der Waals surface area (Å²) in [5.41, 5.74) is 1.66. The molecule has 0 spiro atoms. The van der Waals surface area contributed by atoms with Gasteiger partial charge in [-0.3, -0.25) is 9.59 Å². The van der Waals surface area contributed by atoms with Gasteiger partial charge in [-0.25, -0.2) is 0 Å². The summed E-state index contributed by atoms with van der Waals surface area (Å²) >= 11 is 1.47. The lowest BCUT2D eigenvalue weighted by molar-refractivity contribution is 0.0912. The molecule has 2 amide bonds. The Morgan fingerprint density at radius 2 is 1.92 bits per heavy atom. The zero-order valence-corrected chi connectivity index (χ0v) is 15.8. The molecule has 6 heteroatoms. The van der Waals surface area contributed by atoms with Crippen LogP contribution < -0.4 is 10.6 Å². The van der Waals surface area contributed by atoms with E-state index < -0.39 is 0 Å². The Bertz CT molecular complexity index is 737. The molecule has 1 aliphatic rings. The highest BCUT2D eigenvalue weighted by Gasteiger charge is 2.22. The summed E-state index contributed by atoms with van der Waals surface area (Å²) in [4.78, 5) is 27.5. The molecule has 1 saturated heterocycles. The van der Waals surface area contributed by atoms with E-state index in [-0.39, 0.29) is 17.9 Å². The highest BCUT2D eigenvalue weighted by atomic mass is 32.1. The third-order valence-electron chi connectivity index (χ3n) is 4.67. The predicted octanol–water partition coefficient (Wildman–Crippen LogP) is 3.60. The fraction of sp³-hybridized carbons (Fsp3) is 0.400. The van der Waals surface area contributed by atoms with E-state index in [1.54, 1.807) is 23.6 Å². The number of benzene rings is 1. The number of para-hydroxylation sites is 1. The summed E-state index contributed by atoms with van der Waals surface area (Å²) in [6.45, 7) is 5.36. The molecule has 0 unspecified atom stereocenters. The molecule has 3 rings (SSSR count). The van der Waals surface area contributed by atoms with Crippen molar-refractivity contribution >= 4 is 28.8 Å². The number of anilines is 1. The van der Waals surface area contributed by atoms with Gasteiger partial charge in [-0.1, -0.05) is 19.1 Å². The zero-order valence-electron chi connectivity index (χ0n) is 15.0. The SMILES string of the molecule is CCCN1CCC(NC(=O)c2ccccc2NC(=O)c2ccsc2)CC1. The standard InChI is InChI=1S/C20H25N3O2S/c1-2-10-23-11-7-16(8-12-23)21-20(25)17-5-3-4-6-18(17)22-19(24)15-9-13-26-14-15/h3-6,9,13-14,16H,2,7-8,10-12H2,1H3,(H,21,25)(H,22,24). The van der Waals surface area contributed by atoms with Gasteiger partial charge in [-0.05, 0) is 49.4 Å². The van der Waals surface area contributed by atoms with Crippen molar-refractivity contribution in [2.24, 2.45) is 0 Å². The number of likely N-dealkylation sites (tertiary alicyclic amines) is 1. The molecule has 1 aromatic carbocycles. The Balaban J connectivity index is 1.62. The first kappa shape index (κ1) is 18.6. The molecule has 0 radical (unpaired) electrons. The van der Waals surface area contributed by atoms with E-state index in [1.807, 2.05) is 17.5 Å². The van der Waals surface area contributed by atoms with Crippen molar-refractivity contribution < 1.29 is 9.59 Å². The fourth-order valence-corrected chi connectivity index (χ4v) is 3.89. The van der Waals surface area contributed by atoms with Crippen molar-refractivity contribution in [3.63, 3.8) is 0 Å². The van der Waals surface area contributed by atoms with Gasteiger partial charge in [0.05, 0.1) is 16.8 Å². The van der Waals surface area contributed by atoms with Crippen molar-refractivity contribution in [3.05, 3.63) is 52.2 Å². The second-order valence-corrected chi connectivity index (χ2v) is 7.38. The largest absolute Gasteiger partial charge is 0.349 e. The Kier molecular flexibility index (Phi) is 6.41. The van der Waals surface area contributed by atoms with E-state index in [4.69, 9.17) is 0 Å². The van der Waals surface area contributed by atoms with E-state index in [1.165, 1.54) is 11.3 Å². The van der Waals surface area contributed by atoms with Gasteiger partial charge < -0.3 is 15.5 Å². The minimum absolute atomic E-state index is 0.125. The summed E-state index contributed by atoms with van der Waals surface area (Å²) < 4.78 is 0. The van der Waals surface area contributed by atoms with Gasteiger partial charge in [-0.15, -0.1) is 0 Å². The number of carbonyl (C=O) groups is 2. The van der Waals surface area contributed by atoms with E-state index in [0.29, 0.717) is 16.8 Å². The third-order valence-corrected chi connectivity index (χ3v) is 5.35. The number of thiophene rings is 1. The van der Waals surface area contributed by atoms with Crippen LogP contribution in [0.3, 0.4) is 0 Å². The number of carbonyl (C=O) groups excluding carboxylic acids is 2. The summed E-state index contributed by atoms with van der Waals surface area (Å²) in [6, 6.07) is 9.12. The highest BCUT2D eigenvalue weighted by molar-refractivity contribution is 7.08. The summed E-state index contributed by atoms with van der Waals surface area (Å²) in [7, 11) is 0. The average Bonchev–Trinajstić information content (AvgIpc) is 3.19. The first-order chi connectivity index (χ1) is 12.7. The fourth-order valence-electron chi connectivity index (χ4n) is 3.26. The van der Waals surface area contributed by atoms with Gasteiger partial charge in [0.1, 0.15) is 0 Å². The van der Waals surface area contributed by atoms with Crippen molar-refractivity contribution in [1.29, 1.82) is 0 Å². The molecule has 1 aromatic heterocycles. The van der Waals surface area contributed by atoms with E-state index in [0.717, 1.165) is 38.9 Å². The van der Waals surface area contributed by atoms with Gasteiger partial charge in [0.25, 0.3) is 11.8 Å². The first-order valence-electron chi connectivity index (χ1n) is 9.13. The molecule has 0 bridgehead atoms. The van der Waals surface area contributed by atoms with Crippen LogP contribution in [-0.4, -0.2) is 42.4 Å². The number of hydrogen-bond donors (Lipinski definition) is 2. The maximum absolute atomic E-state index is 12.7. The van der Waals surface area contributed by atoms with E-state index >= 15 is 0 Å². The minimum Gasteiger partial charge on any atom is -0.349 e. The molecule has 1 aliphatic heterocycles. The normalized spacial score (nSPS) is 15.6. The Hall–Kier alpha value is -2.18. The summed E-state index contributed by atoms with van der Waals surface area (Å²) in [6.07, 6.45) is 3.10. The van der Waals surface area contributed by atoms with Crippen molar-refractivity contribution in [2.75, 3.05) is 25.0 Å². The molecule has 0 saturated carbocycles. The number of nitrogens with one attached hydrogen (secondary N) is 2. The third kappa shape index (κ3) is 4.71. The Morgan fingerprint density at radius 3 is 2.62 bits per heavy atom. The topological polar surface area (TPSA) is 61.4 Å². The maximum atomic E-state index is 12.7. The number of rotatable bonds is 6. The van der Waals surface area contributed by atoms with Crippen molar-refractivity contribution in [3.8, 4) is 0 Å². The lowest BCUT2D eigenvalue weighted by Gasteiger charge is -2.32. The second-order valence-electron chi connectivity index (χ2n) is 6.60. The van der Waals surface area contributed by atoms with E-state index in [2.05, 4.69) is 22.5 Å². The molecular weight excluding hydrogens is 346 g/mol. The minimum atomic E-state index is -0.195. The van der Waals surface area contributed by atoms with Crippen LogP contribution in [0, 0.1) is 0 Å². The van der Waals surface area contributed by atoms with Gasteiger partial charge >= 0.3 is 0 Å². The number of amides is 2. The molecule has 138 valence electrons. The molecule has 2 heterocycles. The quantitative estimate of drug-likeness (QED) is 0.815. The van der Waals surface area contributed by atoms with Gasteiger partial charge in [0.15, 0.2) is 0 Å². The van der Waals surface area contributed by atoms with Gasteiger partial charge in [0.2, 0.25) is 0 Å². The van der Waals surface area contributed by atoms with Crippen molar-refractivity contribution in [2.45, 2.75) is 32.2 Å². The summed E-state index contributed by atoms with van der Waals surface area (Å²) in [5, 5.41) is 9.64. The van der Waals surface area contributed by atoms with Crippen LogP contribution in [0.1, 0.15) is 46.9 Å². The van der Waals surface area contributed by atoms with Gasteiger partial charge in [-0.2, -0.15) is 11.3 Å². The highest BCUT2D eigenvalue weighted by Crippen LogP contribution is 2.18. The molecule has 5 nitrogen and oxygen atoms in total. The molecule has 2 N–H and O–H groups in total. The summed E-state index contributed by atoms with van der Waals surface area (Å²) in [5.74, 6) is -0.320. The van der Waals surface area contributed by atoms with Crippen LogP contribution in [0.4, 0.5) is 5.69 Å². The average molecular weight is 372 g/mol. The predicted molar refractivity (Wildman–Crippen MR) is 106 cm³/mol. The first-order valence-corrected chi connectivity index (χ1v) is 10.1. The van der Waals surface area contributed by atoms with Crippen LogP contribution in [0.25, 0.3) is 0 Å². The maximum Gasteiger partial charge on any atom is 0.256 e. The van der Waals surface area contributed by atoms with Crippen molar-refractivity contribution in [1.82, 2.24) is 10.2 Å². The monoisotopic (exact) mass is 371 g/mol. The number of hydrogen-bond acceptors (Lipinski definition) is 4. The van der Waals surface area contributed by atoms with E-state index in [9.17, 15) is 9.59 Å². The second kappa shape index (κ2) is 8.96. The Labute approximate surface area is 158 Å². The molecule has 2 aromatic rings. The van der Waals surface area contributed by atoms with Crippen LogP contribution >= 0.6 is 11.3 Å². The molecular formula is C20H25N3O2S. The molecule has 0 aliphatic carbocycles. The van der Waals surface area contributed by atoms with Crippen LogP contribution in [-0.2, 0) is 0 Å². The number of piperidine rings is 1. The lowest BCUT2D eigenvalue weighted by atomic mass is 10.0. The molecule has 26 heavy (non-hydrogen) atoms. The number of nitrogens with zero attached hydrogens (tertiary/aromatic N) is 1. The van der Waals surface area contributed by atoms with Crippen LogP contribution in [0.5, 0.6) is 0 Å². The Morgan fingerprint density at radius 1 is 1.15 bits per heavy atom. The van der Waals surface area contributed by atoms with Crippen LogP contribution in [0.15, 0.2) is 41.1 Å². The lowest BCUT2D eigenvalue weighted by Crippen LogP contribution is -2.44. The molecule has 0 atom stereocenters. The van der Waals surface area contributed by atoms with Gasteiger partial charge in [0, 0.05) is 24.5 Å². The van der Waals surface area contributed by atoms with Crippen LogP contribution in [0.2, 0.25) is 0 Å². The smallest absolute Gasteiger partial charge is 0.256 e. The zero-order chi connectivity index (χ0) is 18.4. The molecule has 1 fully saturated rings.